The Bertz CT molecular complexity index is 835. The number of nitrogens with zero attached hydrogens (tertiary/aromatic N) is 1. The zero-order valence-corrected chi connectivity index (χ0v) is 19.6. The van der Waals surface area contributed by atoms with Crippen LogP contribution in [0.2, 0.25) is 0 Å². The number of nitrogens with one attached hydrogen (secondary N) is 1. The summed E-state index contributed by atoms with van der Waals surface area (Å²) in [6.07, 6.45) is 5.59. The third-order valence-corrected chi connectivity index (χ3v) is 6.61. The van der Waals surface area contributed by atoms with Crippen LogP contribution in [-0.4, -0.2) is 47.4 Å². The zero-order chi connectivity index (χ0) is 23.4. The van der Waals surface area contributed by atoms with Gasteiger partial charge in [-0.3, -0.25) is 14.4 Å². The molecule has 1 aromatic rings. The van der Waals surface area contributed by atoms with Gasteiger partial charge in [0.25, 0.3) is 0 Å². The Kier molecular flexibility index (Phi) is 7.42. The van der Waals surface area contributed by atoms with E-state index in [1.807, 2.05) is 51.1 Å². The molecule has 0 radical (unpaired) electrons. The lowest BCUT2D eigenvalue weighted by molar-refractivity contribution is -0.161. The van der Waals surface area contributed by atoms with Crippen molar-refractivity contribution in [1.82, 2.24) is 10.2 Å². The Morgan fingerprint density at radius 1 is 1.12 bits per heavy atom. The molecule has 0 spiro atoms. The first kappa shape index (κ1) is 24.0. The lowest BCUT2D eigenvalue weighted by atomic mass is 9.71. The highest BCUT2D eigenvalue weighted by Gasteiger charge is 2.44. The summed E-state index contributed by atoms with van der Waals surface area (Å²) in [6, 6.07) is 9.78. The molecule has 6 nitrogen and oxygen atoms in total. The van der Waals surface area contributed by atoms with Gasteiger partial charge < -0.3 is 15.0 Å². The van der Waals surface area contributed by atoms with Gasteiger partial charge >= 0.3 is 5.97 Å². The van der Waals surface area contributed by atoms with Crippen molar-refractivity contribution in [2.45, 2.75) is 76.4 Å². The van der Waals surface area contributed by atoms with Gasteiger partial charge in [0.15, 0.2) is 0 Å². The number of benzene rings is 1. The van der Waals surface area contributed by atoms with Gasteiger partial charge in [-0.15, -0.1) is 0 Å². The van der Waals surface area contributed by atoms with Gasteiger partial charge in [-0.05, 0) is 64.5 Å². The lowest BCUT2D eigenvalue weighted by Crippen LogP contribution is -2.55. The van der Waals surface area contributed by atoms with E-state index in [1.165, 1.54) is 6.08 Å². The summed E-state index contributed by atoms with van der Waals surface area (Å²) >= 11 is 0. The second-order valence-corrected chi connectivity index (χ2v) is 10.0. The number of hydrogen-bond donors (Lipinski definition) is 1. The minimum absolute atomic E-state index is 0.00996. The van der Waals surface area contributed by atoms with Gasteiger partial charge in [-0.2, -0.15) is 0 Å². The molecule has 3 rings (SSSR count). The molecule has 2 fully saturated rings. The summed E-state index contributed by atoms with van der Waals surface area (Å²) in [7, 11) is 0. The number of carbonyl (C=O) groups is 3. The van der Waals surface area contributed by atoms with Gasteiger partial charge in [-0.25, -0.2) is 0 Å². The zero-order valence-electron chi connectivity index (χ0n) is 19.6. The smallest absolute Gasteiger partial charge is 0.309 e. The van der Waals surface area contributed by atoms with E-state index in [9.17, 15) is 14.4 Å². The normalized spacial score (nSPS) is 23.2. The molecule has 0 bridgehead atoms. The molecule has 1 aromatic carbocycles. The average Bonchev–Trinajstić information content (AvgIpc) is 2.78. The van der Waals surface area contributed by atoms with Crippen LogP contribution in [0.15, 0.2) is 43.0 Å². The Morgan fingerprint density at radius 2 is 1.78 bits per heavy atom. The van der Waals surface area contributed by atoms with Gasteiger partial charge in [0.2, 0.25) is 11.8 Å². The molecule has 1 heterocycles. The van der Waals surface area contributed by atoms with Crippen LogP contribution in [0, 0.1) is 5.92 Å². The fourth-order valence-electron chi connectivity index (χ4n) is 4.89. The molecular weight excluding hydrogens is 404 g/mol. The summed E-state index contributed by atoms with van der Waals surface area (Å²) in [5.74, 6) is -0.470. The van der Waals surface area contributed by atoms with Gasteiger partial charge in [0.05, 0.1) is 11.3 Å². The van der Waals surface area contributed by atoms with Crippen LogP contribution >= 0.6 is 0 Å². The van der Waals surface area contributed by atoms with E-state index in [-0.39, 0.29) is 29.7 Å². The predicted molar refractivity (Wildman–Crippen MR) is 124 cm³/mol. The van der Waals surface area contributed by atoms with E-state index in [1.54, 1.807) is 4.90 Å². The minimum Gasteiger partial charge on any atom is -0.460 e. The standard InChI is InChI=1S/C26H36N2O4/c1-5-22(29)28-16-14-26(15-17-28,20-11-7-6-8-12-20)24(31)27-21-13-9-10-19(18-21)23(30)32-25(2,3)4/h5-8,11-12,19,21H,1,9-10,13-18H2,2-4H3,(H,27,31)/t19-,21+/m1/s1. The molecule has 1 aliphatic carbocycles. The molecule has 1 saturated heterocycles. The van der Waals surface area contributed by atoms with Crippen molar-refractivity contribution in [2.24, 2.45) is 5.92 Å². The maximum atomic E-state index is 13.7. The summed E-state index contributed by atoms with van der Waals surface area (Å²) in [4.78, 5) is 40.1. The van der Waals surface area contributed by atoms with Crippen LogP contribution in [0.4, 0.5) is 0 Å². The molecule has 1 saturated carbocycles. The molecule has 32 heavy (non-hydrogen) atoms. The lowest BCUT2D eigenvalue weighted by Gasteiger charge is -2.42. The maximum Gasteiger partial charge on any atom is 0.309 e. The first-order valence-corrected chi connectivity index (χ1v) is 11.7. The number of carbonyl (C=O) groups excluding carboxylic acids is 3. The number of esters is 1. The Balaban J connectivity index is 1.73. The van der Waals surface area contributed by atoms with E-state index in [4.69, 9.17) is 4.74 Å². The van der Waals surface area contributed by atoms with Crippen LogP contribution < -0.4 is 5.32 Å². The fourth-order valence-corrected chi connectivity index (χ4v) is 4.89. The predicted octanol–water partition coefficient (Wildman–Crippen LogP) is 3.75. The van der Waals surface area contributed by atoms with Crippen LogP contribution in [0.25, 0.3) is 0 Å². The number of amides is 2. The molecule has 174 valence electrons. The fraction of sp³-hybridized carbons (Fsp3) is 0.577. The summed E-state index contributed by atoms with van der Waals surface area (Å²) in [6.45, 7) is 10.2. The van der Waals surface area contributed by atoms with Crippen molar-refractivity contribution in [3.8, 4) is 0 Å². The van der Waals surface area contributed by atoms with E-state index in [2.05, 4.69) is 11.9 Å². The molecule has 2 aliphatic rings. The van der Waals surface area contributed by atoms with Crippen molar-refractivity contribution in [3.63, 3.8) is 0 Å². The van der Waals surface area contributed by atoms with Gasteiger partial charge in [0.1, 0.15) is 5.60 Å². The van der Waals surface area contributed by atoms with E-state index < -0.39 is 11.0 Å². The molecule has 0 aromatic heterocycles. The first-order chi connectivity index (χ1) is 15.1. The number of piperidine rings is 1. The highest BCUT2D eigenvalue weighted by Crippen LogP contribution is 2.37. The van der Waals surface area contributed by atoms with E-state index in [0.29, 0.717) is 32.4 Å². The van der Waals surface area contributed by atoms with Crippen LogP contribution in [-0.2, 0) is 24.5 Å². The minimum atomic E-state index is -0.682. The quantitative estimate of drug-likeness (QED) is 0.559. The Labute approximate surface area is 191 Å². The number of likely N-dealkylation sites (tertiary alicyclic amines) is 1. The van der Waals surface area contributed by atoms with Crippen LogP contribution in [0.5, 0.6) is 0 Å². The van der Waals surface area contributed by atoms with Crippen molar-refractivity contribution in [3.05, 3.63) is 48.6 Å². The van der Waals surface area contributed by atoms with Crippen molar-refractivity contribution < 1.29 is 19.1 Å². The molecular formula is C26H36N2O4. The van der Waals surface area contributed by atoms with Crippen molar-refractivity contribution in [1.29, 1.82) is 0 Å². The molecule has 2 amide bonds. The monoisotopic (exact) mass is 440 g/mol. The summed E-state index contributed by atoms with van der Waals surface area (Å²) in [5, 5.41) is 3.26. The molecule has 1 aliphatic heterocycles. The van der Waals surface area contributed by atoms with Crippen LogP contribution in [0.1, 0.15) is 64.9 Å². The SMILES string of the molecule is C=CC(=O)N1CCC(C(=O)N[C@H]2CCC[C@@H](C(=O)OC(C)(C)C)C2)(c2ccccc2)CC1. The van der Waals surface area contributed by atoms with Crippen LogP contribution in [0.3, 0.4) is 0 Å². The van der Waals surface area contributed by atoms with E-state index in [0.717, 1.165) is 24.8 Å². The Morgan fingerprint density at radius 3 is 2.38 bits per heavy atom. The largest absolute Gasteiger partial charge is 0.460 e. The van der Waals surface area contributed by atoms with Gasteiger partial charge in [-0.1, -0.05) is 43.3 Å². The second kappa shape index (κ2) is 9.88. The number of hydrogen-bond acceptors (Lipinski definition) is 4. The molecule has 2 atom stereocenters. The molecule has 0 unspecified atom stereocenters. The van der Waals surface area contributed by atoms with E-state index >= 15 is 0 Å². The first-order valence-electron chi connectivity index (χ1n) is 11.7. The third-order valence-electron chi connectivity index (χ3n) is 6.61. The third kappa shape index (κ3) is 5.59. The van der Waals surface area contributed by atoms with Crippen molar-refractivity contribution >= 4 is 17.8 Å². The Hall–Kier alpha value is -2.63. The average molecular weight is 441 g/mol. The maximum absolute atomic E-state index is 13.7. The highest BCUT2D eigenvalue weighted by atomic mass is 16.6. The molecule has 6 heteroatoms. The topological polar surface area (TPSA) is 75.7 Å². The molecule has 1 N–H and O–H groups in total. The number of rotatable bonds is 5. The van der Waals surface area contributed by atoms with Crippen molar-refractivity contribution in [2.75, 3.05) is 13.1 Å². The summed E-state index contributed by atoms with van der Waals surface area (Å²) in [5.41, 5.74) is -0.220. The second-order valence-electron chi connectivity index (χ2n) is 10.0. The number of ether oxygens (including phenoxy) is 1. The van der Waals surface area contributed by atoms with Gasteiger partial charge in [0, 0.05) is 19.1 Å². The summed E-state index contributed by atoms with van der Waals surface area (Å²) < 4.78 is 5.58. The highest BCUT2D eigenvalue weighted by molar-refractivity contribution is 5.90.